The predicted octanol–water partition coefficient (Wildman–Crippen LogP) is 4.31. The molecule has 0 atom stereocenters. The van der Waals surface area contributed by atoms with E-state index in [-0.39, 0.29) is 4.90 Å². The maximum Gasteiger partial charge on any atom is 0.238 e. The Kier molecular flexibility index (Phi) is 5.31. The molecule has 0 aliphatic heterocycles. The fourth-order valence-corrected chi connectivity index (χ4v) is 4.46. The van der Waals surface area contributed by atoms with Gasteiger partial charge in [0.15, 0.2) is 5.16 Å². The van der Waals surface area contributed by atoms with Gasteiger partial charge < -0.3 is 9.30 Å². The fraction of sp³-hybridized carbons (Fsp3) is 0.0952. The molecule has 0 unspecified atom stereocenters. The number of nitrogens with zero attached hydrogens (tertiary/aromatic N) is 2. The van der Waals surface area contributed by atoms with Crippen LogP contribution in [0.5, 0.6) is 11.5 Å². The number of nitrogens with two attached hydrogens (primary N) is 1. The number of benzene rings is 3. The molecule has 0 aliphatic carbocycles. The predicted molar refractivity (Wildman–Crippen MR) is 115 cm³/mol. The lowest BCUT2D eigenvalue weighted by Crippen LogP contribution is -2.11. The van der Waals surface area contributed by atoms with Gasteiger partial charge in [0, 0.05) is 18.4 Å². The summed E-state index contributed by atoms with van der Waals surface area (Å²) < 4.78 is 31.1. The molecule has 3 aromatic carbocycles. The molecule has 4 aromatic rings. The zero-order chi connectivity index (χ0) is 20.4. The highest BCUT2D eigenvalue weighted by Gasteiger charge is 2.14. The summed E-state index contributed by atoms with van der Waals surface area (Å²) in [6, 6.07) is 22.2. The van der Waals surface area contributed by atoms with E-state index in [2.05, 4.69) is 4.98 Å². The summed E-state index contributed by atoms with van der Waals surface area (Å²) in [5.41, 5.74) is 2.47. The average Bonchev–Trinajstić information content (AvgIpc) is 3.03. The Labute approximate surface area is 173 Å². The van der Waals surface area contributed by atoms with Crippen LogP contribution >= 0.6 is 11.8 Å². The van der Waals surface area contributed by atoms with Crippen LogP contribution in [0.2, 0.25) is 0 Å². The summed E-state index contributed by atoms with van der Waals surface area (Å²) in [5.74, 6) is 2.23. The third kappa shape index (κ3) is 4.29. The van der Waals surface area contributed by atoms with Crippen molar-refractivity contribution in [3.05, 3.63) is 78.4 Å². The van der Waals surface area contributed by atoms with Gasteiger partial charge in [0.1, 0.15) is 11.5 Å². The van der Waals surface area contributed by atoms with E-state index in [9.17, 15) is 8.42 Å². The Morgan fingerprint density at radius 1 is 1.03 bits per heavy atom. The van der Waals surface area contributed by atoms with E-state index in [0.29, 0.717) is 11.3 Å². The Bertz CT molecular complexity index is 1270. The topological polar surface area (TPSA) is 87.2 Å². The molecule has 1 aromatic heterocycles. The van der Waals surface area contributed by atoms with Gasteiger partial charge in [0.05, 0.1) is 15.9 Å². The molecule has 0 fully saturated rings. The van der Waals surface area contributed by atoms with Crippen LogP contribution in [-0.2, 0) is 22.8 Å². The quantitative estimate of drug-likeness (QED) is 0.465. The second-order valence-corrected chi connectivity index (χ2v) is 8.96. The van der Waals surface area contributed by atoms with Crippen LogP contribution < -0.4 is 9.88 Å². The van der Waals surface area contributed by atoms with Gasteiger partial charge >= 0.3 is 0 Å². The van der Waals surface area contributed by atoms with Gasteiger partial charge in [-0.25, -0.2) is 18.5 Å². The van der Waals surface area contributed by atoms with Gasteiger partial charge in [0.25, 0.3) is 0 Å². The first-order valence-corrected chi connectivity index (χ1v) is 11.4. The molecule has 4 rings (SSSR count). The fourth-order valence-electron chi connectivity index (χ4n) is 2.94. The van der Waals surface area contributed by atoms with Crippen LogP contribution in [0.3, 0.4) is 0 Å². The van der Waals surface area contributed by atoms with Crippen LogP contribution in [0.15, 0.2) is 82.8 Å². The maximum absolute atomic E-state index is 11.6. The minimum absolute atomic E-state index is 0.0567. The van der Waals surface area contributed by atoms with Crippen molar-refractivity contribution in [2.75, 3.05) is 0 Å². The summed E-state index contributed by atoms with van der Waals surface area (Å²) >= 11 is 1.56. The number of thioether (sulfide) groups is 1. The molecule has 0 aliphatic rings. The van der Waals surface area contributed by atoms with Crippen molar-refractivity contribution in [1.82, 2.24) is 9.55 Å². The van der Waals surface area contributed by atoms with E-state index in [1.807, 2.05) is 66.2 Å². The lowest BCUT2D eigenvalue weighted by molar-refractivity contribution is 0.478. The highest BCUT2D eigenvalue weighted by molar-refractivity contribution is 7.98. The van der Waals surface area contributed by atoms with Crippen LogP contribution in [0, 0.1) is 0 Å². The number of sulfonamides is 1. The van der Waals surface area contributed by atoms with E-state index >= 15 is 0 Å². The Balaban J connectivity index is 1.58. The largest absolute Gasteiger partial charge is 0.457 e. The molecule has 1 heterocycles. The molecular formula is C21H19N3O3S2. The van der Waals surface area contributed by atoms with Crippen molar-refractivity contribution in [2.45, 2.75) is 15.8 Å². The van der Waals surface area contributed by atoms with Crippen molar-refractivity contribution in [1.29, 1.82) is 0 Å². The number of rotatable bonds is 6. The molecule has 0 bridgehead atoms. The smallest absolute Gasteiger partial charge is 0.238 e. The van der Waals surface area contributed by atoms with E-state index in [1.165, 1.54) is 12.1 Å². The van der Waals surface area contributed by atoms with Gasteiger partial charge in [-0.05, 0) is 36.4 Å². The molecule has 148 valence electrons. The monoisotopic (exact) mass is 425 g/mol. The Hall–Kier alpha value is -2.81. The number of hydrogen-bond donors (Lipinski definition) is 1. The molecule has 0 radical (unpaired) electrons. The summed E-state index contributed by atoms with van der Waals surface area (Å²) in [6.45, 7) is 0. The number of aryl methyl sites for hydroxylation is 1. The third-order valence-electron chi connectivity index (χ3n) is 4.44. The van der Waals surface area contributed by atoms with Crippen molar-refractivity contribution in [3.63, 3.8) is 0 Å². The molecule has 0 saturated heterocycles. The number of imidazole rings is 1. The first-order valence-electron chi connectivity index (χ1n) is 8.85. The SMILES string of the molecule is Cn1c(SCc2ccccc2Oc2ccccc2)nc2cc(S(N)(=O)=O)ccc21. The standard InChI is InChI=1S/C21H19N3O3S2/c1-24-19-12-11-17(29(22,25)26)13-18(19)23-21(24)28-14-15-7-5-6-10-20(15)27-16-8-3-2-4-9-16/h2-13H,14H2,1H3,(H2,22,25,26). The van der Waals surface area contributed by atoms with E-state index in [1.54, 1.807) is 17.8 Å². The second kappa shape index (κ2) is 7.90. The second-order valence-electron chi connectivity index (χ2n) is 6.46. The van der Waals surface area contributed by atoms with Crippen molar-refractivity contribution in [3.8, 4) is 11.5 Å². The first-order chi connectivity index (χ1) is 13.9. The third-order valence-corrected chi connectivity index (χ3v) is 6.43. The van der Waals surface area contributed by atoms with E-state index in [4.69, 9.17) is 9.88 Å². The highest BCUT2D eigenvalue weighted by atomic mass is 32.2. The van der Waals surface area contributed by atoms with Gasteiger partial charge in [-0.2, -0.15) is 0 Å². The van der Waals surface area contributed by atoms with Crippen molar-refractivity contribution in [2.24, 2.45) is 12.2 Å². The van der Waals surface area contributed by atoms with Crippen LogP contribution in [0.25, 0.3) is 11.0 Å². The number of para-hydroxylation sites is 2. The molecule has 6 nitrogen and oxygen atoms in total. The Morgan fingerprint density at radius 3 is 2.52 bits per heavy atom. The van der Waals surface area contributed by atoms with Crippen LogP contribution in [0.4, 0.5) is 0 Å². The van der Waals surface area contributed by atoms with Crippen LogP contribution in [0.1, 0.15) is 5.56 Å². The lowest BCUT2D eigenvalue weighted by atomic mass is 10.2. The number of ether oxygens (including phenoxy) is 1. The zero-order valence-corrected chi connectivity index (χ0v) is 17.3. The van der Waals surface area contributed by atoms with Crippen molar-refractivity contribution < 1.29 is 13.2 Å². The molecule has 29 heavy (non-hydrogen) atoms. The van der Waals surface area contributed by atoms with E-state index < -0.39 is 10.0 Å². The number of fused-ring (bicyclic) bond motifs is 1. The van der Waals surface area contributed by atoms with Crippen molar-refractivity contribution >= 4 is 32.8 Å². The molecule has 0 amide bonds. The van der Waals surface area contributed by atoms with Gasteiger partial charge in [-0.1, -0.05) is 48.2 Å². The first kappa shape index (κ1) is 19.5. The minimum atomic E-state index is -3.76. The summed E-state index contributed by atoms with van der Waals surface area (Å²) in [4.78, 5) is 4.64. The van der Waals surface area contributed by atoms with Crippen LogP contribution in [-0.4, -0.2) is 18.0 Å². The van der Waals surface area contributed by atoms with Gasteiger partial charge in [-0.15, -0.1) is 0 Å². The summed E-state index contributed by atoms with van der Waals surface area (Å²) in [7, 11) is -1.86. The summed E-state index contributed by atoms with van der Waals surface area (Å²) in [6.07, 6.45) is 0. The van der Waals surface area contributed by atoms with Gasteiger partial charge in [-0.3, -0.25) is 0 Å². The number of hydrogen-bond acceptors (Lipinski definition) is 5. The normalized spacial score (nSPS) is 11.7. The Morgan fingerprint density at radius 2 is 1.76 bits per heavy atom. The maximum atomic E-state index is 11.6. The van der Waals surface area contributed by atoms with E-state index in [0.717, 1.165) is 27.7 Å². The molecule has 8 heteroatoms. The lowest BCUT2D eigenvalue weighted by Gasteiger charge is -2.11. The molecular weight excluding hydrogens is 406 g/mol. The molecule has 0 saturated carbocycles. The summed E-state index contributed by atoms with van der Waals surface area (Å²) in [5, 5.41) is 6.00. The highest BCUT2D eigenvalue weighted by Crippen LogP contribution is 2.32. The zero-order valence-electron chi connectivity index (χ0n) is 15.6. The minimum Gasteiger partial charge on any atom is -0.457 e. The van der Waals surface area contributed by atoms with Gasteiger partial charge in [0.2, 0.25) is 10.0 Å². The molecule has 0 spiro atoms. The number of aromatic nitrogens is 2. The molecule has 2 N–H and O–H groups in total. The number of primary sulfonamides is 1. The average molecular weight is 426 g/mol.